The van der Waals surface area contributed by atoms with E-state index in [2.05, 4.69) is 11.4 Å². The Morgan fingerprint density at radius 3 is 2.90 bits per heavy atom. The lowest BCUT2D eigenvalue weighted by molar-refractivity contribution is 0.179. The Bertz CT molecular complexity index is 621. The Morgan fingerprint density at radius 1 is 1.33 bits per heavy atom. The lowest BCUT2D eigenvalue weighted by atomic mass is 9.97. The molecule has 0 saturated carbocycles. The molecule has 0 aromatic heterocycles. The van der Waals surface area contributed by atoms with Crippen LogP contribution in [-0.4, -0.2) is 12.6 Å². The number of ether oxygens (including phenoxy) is 1. The number of likely N-dealkylation sites (N-methyl/N-ethyl adjacent to an activating group) is 1. The van der Waals surface area contributed by atoms with Gasteiger partial charge >= 0.3 is 0 Å². The van der Waals surface area contributed by atoms with Crippen molar-refractivity contribution >= 4 is 11.6 Å². The van der Waals surface area contributed by atoms with Gasteiger partial charge in [0.25, 0.3) is 0 Å². The third-order valence-corrected chi connectivity index (χ3v) is 4.11. The van der Waals surface area contributed by atoms with E-state index in [1.165, 1.54) is 17.7 Å². The van der Waals surface area contributed by atoms with Crippen LogP contribution in [0.4, 0.5) is 4.39 Å². The lowest BCUT2D eigenvalue weighted by Crippen LogP contribution is -2.35. The minimum Gasteiger partial charge on any atom is -0.488 e. The van der Waals surface area contributed by atoms with Crippen molar-refractivity contribution in [1.82, 2.24) is 5.32 Å². The molecule has 21 heavy (non-hydrogen) atoms. The van der Waals surface area contributed by atoms with Crippen molar-refractivity contribution in [2.45, 2.75) is 25.5 Å². The average Bonchev–Trinajstić information content (AvgIpc) is 2.91. The van der Waals surface area contributed by atoms with Gasteiger partial charge in [-0.1, -0.05) is 36.7 Å². The van der Waals surface area contributed by atoms with Crippen LogP contribution in [0.2, 0.25) is 5.02 Å². The maximum Gasteiger partial charge on any atom is 0.123 e. The molecule has 1 heterocycles. The molecule has 0 radical (unpaired) electrons. The van der Waals surface area contributed by atoms with E-state index in [0.717, 1.165) is 24.3 Å². The SMILES string of the molecule is CCNC(c1cc(F)ccc1Cl)C1Cc2ccccc2O1. The zero-order valence-electron chi connectivity index (χ0n) is 11.8. The maximum absolute atomic E-state index is 13.6. The van der Waals surface area contributed by atoms with Crippen LogP contribution in [0.5, 0.6) is 5.75 Å². The van der Waals surface area contributed by atoms with Gasteiger partial charge in [-0.05, 0) is 41.9 Å². The Labute approximate surface area is 128 Å². The summed E-state index contributed by atoms with van der Waals surface area (Å²) in [5.41, 5.74) is 1.93. The van der Waals surface area contributed by atoms with E-state index in [9.17, 15) is 4.39 Å². The molecule has 0 amide bonds. The molecule has 110 valence electrons. The van der Waals surface area contributed by atoms with Crippen LogP contribution in [0.25, 0.3) is 0 Å². The number of para-hydroxylation sites is 1. The van der Waals surface area contributed by atoms with Gasteiger partial charge in [0.05, 0.1) is 6.04 Å². The van der Waals surface area contributed by atoms with Crippen LogP contribution in [-0.2, 0) is 6.42 Å². The highest BCUT2D eigenvalue weighted by molar-refractivity contribution is 6.31. The zero-order chi connectivity index (χ0) is 14.8. The minimum absolute atomic E-state index is 0.0818. The highest BCUT2D eigenvalue weighted by Gasteiger charge is 2.32. The first kappa shape index (κ1) is 14.4. The molecule has 0 saturated heterocycles. The summed E-state index contributed by atoms with van der Waals surface area (Å²) in [5.74, 6) is 0.616. The monoisotopic (exact) mass is 305 g/mol. The van der Waals surface area contributed by atoms with Gasteiger partial charge in [0.2, 0.25) is 0 Å². The Balaban J connectivity index is 1.91. The number of hydrogen-bond acceptors (Lipinski definition) is 2. The summed E-state index contributed by atoms with van der Waals surface area (Å²) in [6, 6.07) is 12.3. The summed E-state index contributed by atoms with van der Waals surface area (Å²) < 4.78 is 19.6. The van der Waals surface area contributed by atoms with Crippen molar-refractivity contribution in [3.63, 3.8) is 0 Å². The van der Waals surface area contributed by atoms with Gasteiger partial charge in [0.15, 0.2) is 0 Å². The maximum atomic E-state index is 13.6. The number of hydrogen-bond donors (Lipinski definition) is 1. The van der Waals surface area contributed by atoms with Crippen molar-refractivity contribution in [2.75, 3.05) is 6.54 Å². The molecule has 0 aliphatic carbocycles. The smallest absolute Gasteiger partial charge is 0.123 e. The first-order valence-corrected chi connectivity index (χ1v) is 7.49. The molecule has 1 aliphatic heterocycles. The summed E-state index contributed by atoms with van der Waals surface area (Å²) in [4.78, 5) is 0. The second-order valence-corrected chi connectivity index (χ2v) is 5.58. The van der Waals surface area contributed by atoms with E-state index < -0.39 is 0 Å². The van der Waals surface area contributed by atoms with Gasteiger partial charge in [0, 0.05) is 11.4 Å². The fourth-order valence-corrected chi connectivity index (χ4v) is 3.04. The number of benzene rings is 2. The molecule has 1 N–H and O–H groups in total. The Morgan fingerprint density at radius 2 is 2.14 bits per heavy atom. The summed E-state index contributed by atoms with van der Waals surface area (Å²) in [6.07, 6.45) is 0.711. The predicted octanol–water partition coefficient (Wildman–Crippen LogP) is 4.13. The van der Waals surface area contributed by atoms with Gasteiger partial charge in [-0.25, -0.2) is 4.39 Å². The van der Waals surface area contributed by atoms with E-state index >= 15 is 0 Å². The van der Waals surface area contributed by atoms with Gasteiger partial charge < -0.3 is 10.1 Å². The third kappa shape index (κ3) is 2.89. The number of fused-ring (bicyclic) bond motifs is 1. The van der Waals surface area contributed by atoms with Gasteiger partial charge in [-0.2, -0.15) is 0 Å². The average molecular weight is 306 g/mol. The molecular formula is C17H17ClFNO. The predicted molar refractivity (Wildman–Crippen MR) is 82.4 cm³/mol. The quantitative estimate of drug-likeness (QED) is 0.917. The van der Waals surface area contributed by atoms with Crippen molar-refractivity contribution < 1.29 is 9.13 Å². The minimum atomic E-state index is -0.284. The molecular weight excluding hydrogens is 289 g/mol. The van der Waals surface area contributed by atoms with Gasteiger partial charge in [-0.3, -0.25) is 0 Å². The fourth-order valence-electron chi connectivity index (χ4n) is 2.81. The molecule has 3 rings (SSSR count). The fraction of sp³-hybridized carbons (Fsp3) is 0.294. The van der Waals surface area contributed by atoms with Crippen LogP contribution in [0.3, 0.4) is 0 Å². The molecule has 2 unspecified atom stereocenters. The molecule has 2 atom stereocenters. The zero-order valence-corrected chi connectivity index (χ0v) is 12.5. The van der Waals surface area contributed by atoms with Crippen LogP contribution < -0.4 is 10.1 Å². The highest BCUT2D eigenvalue weighted by Crippen LogP contribution is 2.36. The van der Waals surface area contributed by atoms with Crippen LogP contribution >= 0.6 is 11.6 Å². The molecule has 2 nitrogen and oxygen atoms in total. The molecule has 0 spiro atoms. The van der Waals surface area contributed by atoms with Crippen molar-refractivity contribution in [3.05, 3.63) is 64.4 Å². The first-order valence-electron chi connectivity index (χ1n) is 7.12. The summed E-state index contributed by atoms with van der Waals surface area (Å²) >= 11 is 6.25. The second-order valence-electron chi connectivity index (χ2n) is 5.17. The van der Waals surface area contributed by atoms with Crippen LogP contribution in [0.1, 0.15) is 24.1 Å². The molecule has 0 fully saturated rings. The van der Waals surface area contributed by atoms with Crippen LogP contribution in [0.15, 0.2) is 42.5 Å². The normalized spacial score (nSPS) is 18.1. The summed E-state index contributed by atoms with van der Waals surface area (Å²) in [6.45, 7) is 2.77. The Kier molecular flexibility index (Phi) is 4.13. The van der Waals surface area contributed by atoms with E-state index in [1.807, 2.05) is 25.1 Å². The van der Waals surface area contributed by atoms with E-state index in [1.54, 1.807) is 6.07 Å². The molecule has 2 aromatic rings. The van der Waals surface area contributed by atoms with E-state index in [0.29, 0.717) is 5.02 Å². The third-order valence-electron chi connectivity index (χ3n) is 3.76. The molecule has 0 bridgehead atoms. The molecule has 4 heteroatoms. The largest absolute Gasteiger partial charge is 0.488 e. The van der Waals surface area contributed by atoms with E-state index in [4.69, 9.17) is 16.3 Å². The standard InChI is InChI=1S/C17H17ClFNO/c1-2-20-17(13-10-12(19)7-8-14(13)18)16-9-11-5-3-4-6-15(11)21-16/h3-8,10,16-17,20H,2,9H2,1H3. The Hall–Kier alpha value is -1.58. The highest BCUT2D eigenvalue weighted by atomic mass is 35.5. The van der Waals surface area contributed by atoms with Gasteiger partial charge in [0.1, 0.15) is 17.7 Å². The van der Waals surface area contributed by atoms with E-state index in [-0.39, 0.29) is 18.0 Å². The molecule has 1 aliphatic rings. The summed E-state index contributed by atoms with van der Waals surface area (Å²) in [5, 5.41) is 3.92. The van der Waals surface area contributed by atoms with Gasteiger partial charge in [-0.15, -0.1) is 0 Å². The van der Waals surface area contributed by atoms with Crippen LogP contribution in [0, 0.1) is 5.82 Å². The topological polar surface area (TPSA) is 21.3 Å². The van der Waals surface area contributed by atoms with Crippen molar-refractivity contribution in [2.24, 2.45) is 0 Å². The number of nitrogens with one attached hydrogen (secondary N) is 1. The van der Waals surface area contributed by atoms with Crippen molar-refractivity contribution in [1.29, 1.82) is 0 Å². The number of halogens is 2. The lowest BCUT2D eigenvalue weighted by Gasteiger charge is -2.25. The first-order chi connectivity index (χ1) is 10.2. The van der Waals surface area contributed by atoms with Crippen molar-refractivity contribution in [3.8, 4) is 5.75 Å². The summed E-state index contributed by atoms with van der Waals surface area (Å²) in [7, 11) is 0. The second kappa shape index (κ2) is 6.04. The molecule has 2 aromatic carbocycles. The number of rotatable bonds is 4.